The fourth-order valence-electron chi connectivity index (χ4n) is 1.69. The summed E-state index contributed by atoms with van der Waals surface area (Å²) in [7, 11) is 0. The second-order valence-electron chi connectivity index (χ2n) is 3.21. The van der Waals surface area contributed by atoms with Gasteiger partial charge in [0.2, 0.25) is 0 Å². The van der Waals surface area contributed by atoms with Crippen molar-refractivity contribution in [1.29, 1.82) is 0 Å². The maximum Gasteiger partial charge on any atom is 0.151 e. The van der Waals surface area contributed by atoms with Crippen LogP contribution in [0.2, 0.25) is 0 Å². The maximum absolute atomic E-state index is 13.3. The van der Waals surface area contributed by atoms with E-state index in [1.165, 1.54) is 0 Å². The molecule has 2 atom stereocenters. The molecular formula is C10H11FO. The molecule has 2 heteroatoms. The molecule has 0 spiro atoms. The Morgan fingerprint density at radius 1 is 1.33 bits per heavy atom. The second kappa shape index (κ2) is 2.87. The van der Waals surface area contributed by atoms with Crippen molar-refractivity contribution in [2.75, 3.05) is 0 Å². The molecule has 0 saturated carbocycles. The zero-order valence-electron chi connectivity index (χ0n) is 6.70. The third kappa shape index (κ3) is 1.12. The highest BCUT2D eigenvalue weighted by atomic mass is 19.1. The Morgan fingerprint density at radius 2 is 2.08 bits per heavy atom. The van der Waals surface area contributed by atoms with Gasteiger partial charge in [0.25, 0.3) is 0 Å². The fraction of sp³-hybridized carbons (Fsp3) is 0.400. The molecule has 0 amide bonds. The van der Waals surface area contributed by atoms with E-state index >= 15 is 0 Å². The lowest BCUT2D eigenvalue weighted by molar-refractivity contribution is 0.0627. The number of aryl methyl sites for hydroxylation is 1. The molecule has 0 aromatic heterocycles. The predicted octanol–water partition coefficient (Wildman–Crippen LogP) is 2.00. The summed E-state index contributed by atoms with van der Waals surface area (Å²) in [6.45, 7) is 0. The summed E-state index contributed by atoms with van der Waals surface area (Å²) >= 11 is 0. The van der Waals surface area contributed by atoms with Crippen LogP contribution in [0.4, 0.5) is 4.39 Å². The SMILES string of the molecule is O[C@@H]1CCc2ccccc2[C@@H]1F. The molecule has 0 bridgehead atoms. The monoisotopic (exact) mass is 166 g/mol. The minimum atomic E-state index is -1.19. The Labute approximate surface area is 70.8 Å². The first-order valence-corrected chi connectivity index (χ1v) is 4.19. The van der Waals surface area contributed by atoms with Crippen molar-refractivity contribution >= 4 is 0 Å². The number of alkyl halides is 1. The van der Waals surface area contributed by atoms with E-state index in [4.69, 9.17) is 0 Å². The number of halogens is 1. The number of aliphatic hydroxyl groups excluding tert-OH is 1. The van der Waals surface area contributed by atoms with Gasteiger partial charge >= 0.3 is 0 Å². The van der Waals surface area contributed by atoms with Crippen LogP contribution in [0.3, 0.4) is 0 Å². The maximum atomic E-state index is 13.3. The van der Waals surface area contributed by atoms with E-state index in [1.54, 1.807) is 6.07 Å². The van der Waals surface area contributed by atoms with E-state index in [-0.39, 0.29) is 0 Å². The lowest BCUT2D eigenvalue weighted by Crippen LogP contribution is -2.21. The number of aliphatic hydroxyl groups is 1. The van der Waals surface area contributed by atoms with Crippen molar-refractivity contribution in [3.05, 3.63) is 35.4 Å². The van der Waals surface area contributed by atoms with Crippen molar-refractivity contribution in [1.82, 2.24) is 0 Å². The van der Waals surface area contributed by atoms with E-state index in [0.717, 1.165) is 12.0 Å². The van der Waals surface area contributed by atoms with E-state index in [1.807, 2.05) is 18.2 Å². The number of hydrogen-bond donors (Lipinski definition) is 1. The van der Waals surface area contributed by atoms with Crippen molar-refractivity contribution in [2.45, 2.75) is 25.1 Å². The van der Waals surface area contributed by atoms with Crippen molar-refractivity contribution in [3.63, 3.8) is 0 Å². The first kappa shape index (κ1) is 7.74. The molecule has 0 radical (unpaired) electrons. The average Bonchev–Trinajstić information content (AvgIpc) is 2.12. The Hall–Kier alpha value is -0.890. The zero-order chi connectivity index (χ0) is 8.55. The molecule has 0 fully saturated rings. The fourth-order valence-corrected chi connectivity index (χ4v) is 1.69. The largest absolute Gasteiger partial charge is 0.390 e. The summed E-state index contributed by atoms with van der Waals surface area (Å²) in [6.07, 6.45) is -0.662. The third-order valence-corrected chi connectivity index (χ3v) is 2.40. The number of rotatable bonds is 0. The van der Waals surface area contributed by atoms with Gasteiger partial charge in [-0.25, -0.2) is 4.39 Å². The molecule has 0 saturated heterocycles. The van der Waals surface area contributed by atoms with Crippen LogP contribution in [-0.2, 0) is 6.42 Å². The van der Waals surface area contributed by atoms with Gasteiger partial charge in [-0.1, -0.05) is 24.3 Å². The summed E-state index contributed by atoms with van der Waals surface area (Å²) in [5.74, 6) is 0. The number of hydrogen-bond acceptors (Lipinski definition) is 1. The molecule has 64 valence electrons. The summed E-state index contributed by atoms with van der Waals surface area (Å²) in [6, 6.07) is 7.39. The molecule has 0 unspecified atom stereocenters. The van der Waals surface area contributed by atoms with Gasteiger partial charge < -0.3 is 5.11 Å². The molecule has 1 N–H and O–H groups in total. The Kier molecular flexibility index (Phi) is 1.85. The summed E-state index contributed by atoms with van der Waals surface area (Å²) in [4.78, 5) is 0. The molecule has 1 nitrogen and oxygen atoms in total. The van der Waals surface area contributed by atoms with E-state index in [9.17, 15) is 9.50 Å². The van der Waals surface area contributed by atoms with Gasteiger partial charge in [-0.3, -0.25) is 0 Å². The van der Waals surface area contributed by atoms with Gasteiger partial charge in [-0.15, -0.1) is 0 Å². The molecule has 2 rings (SSSR count). The van der Waals surface area contributed by atoms with Gasteiger partial charge in [-0.2, -0.15) is 0 Å². The molecule has 0 aliphatic heterocycles. The minimum absolute atomic E-state index is 0.540. The highest BCUT2D eigenvalue weighted by Gasteiger charge is 2.26. The predicted molar refractivity (Wildman–Crippen MR) is 44.6 cm³/mol. The summed E-state index contributed by atoms with van der Waals surface area (Å²) < 4.78 is 13.3. The third-order valence-electron chi connectivity index (χ3n) is 2.40. The lowest BCUT2D eigenvalue weighted by Gasteiger charge is -2.24. The molecular weight excluding hydrogens is 155 g/mol. The molecule has 1 aliphatic carbocycles. The van der Waals surface area contributed by atoms with E-state index in [2.05, 4.69) is 0 Å². The van der Waals surface area contributed by atoms with Crippen LogP contribution in [0.5, 0.6) is 0 Å². The lowest BCUT2D eigenvalue weighted by atomic mass is 9.88. The summed E-state index contributed by atoms with van der Waals surface area (Å²) in [5, 5.41) is 9.25. The molecule has 1 aromatic carbocycles. The Bertz CT molecular complexity index is 285. The van der Waals surface area contributed by atoms with Gasteiger partial charge in [0.1, 0.15) is 0 Å². The van der Waals surface area contributed by atoms with Crippen LogP contribution in [-0.4, -0.2) is 11.2 Å². The van der Waals surface area contributed by atoms with Crippen molar-refractivity contribution in [3.8, 4) is 0 Å². The van der Waals surface area contributed by atoms with Crippen molar-refractivity contribution in [2.24, 2.45) is 0 Å². The molecule has 0 heterocycles. The van der Waals surface area contributed by atoms with Gasteiger partial charge in [0.05, 0.1) is 6.10 Å². The second-order valence-corrected chi connectivity index (χ2v) is 3.21. The molecule has 12 heavy (non-hydrogen) atoms. The van der Waals surface area contributed by atoms with Crippen LogP contribution in [0.15, 0.2) is 24.3 Å². The van der Waals surface area contributed by atoms with E-state index < -0.39 is 12.3 Å². The first-order valence-electron chi connectivity index (χ1n) is 4.19. The average molecular weight is 166 g/mol. The zero-order valence-corrected chi connectivity index (χ0v) is 6.70. The van der Waals surface area contributed by atoms with Crippen LogP contribution in [0.1, 0.15) is 23.7 Å². The first-order chi connectivity index (χ1) is 5.79. The Balaban J connectivity index is 2.42. The normalized spacial score (nSPS) is 28.2. The highest BCUT2D eigenvalue weighted by molar-refractivity contribution is 5.32. The van der Waals surface area contributed by atoms with Crippen LogP contribution in [0.25, 0.3) is 0 Å². The standard InChI is InChI=1S/C10H11FO/c11-10-8-4-2-1-3-7(8)5-6-9(10)12/h1-4,9-10,12H,5-6H2/t9-,10+/m1/s1. The van der Waals surface area contributed by atoms with E-state index in [0.29, 0.717) is 12.0 Å². The minimum Gasteiger partial charge on any atom is -0.390 e. The van der Waals surface area contributed by atoms with Crippen LogP contribution >= 0.6 is 0 Å². The van der Waals surface area contributed by atoms with Crippen LogP contribution < -0.4 is 0 Å². The quantitative estimate of drug-likeness (QED) is 0.625. The van der Waals surface area contributed by atoms with Gasteiger partial charge in [0, 0.05) is 0 Å². The number of fused-ring (bicyclic) bond motifs is 1. The van der Waals surface area contributed by atoms with Crippen LogP contribution in [0, 0.1) is 0 Å². The van der Waals surface area contributed by atoms with Gasteiger partial charge in [-0.05, 0) is 24.0 Å². The number of benzene rings is 1. The van der Waals surface area contributed by atoms with Crippen molar-refractivity contribution < 1.29 is 9.50 Å². The van der Waals surface area contributed by atoms with Gasteiger partial charge in [0.15, 0.2) is 6.17 Å². The Morgan fingerprint density at radius 3 is 2.92 bits per heavy atom. The molecule has 1 aliphatic rings. The highest BCUT2D eigenvalue weighted by Crippen LogP contribution is 2.32. The topological polar surface area (TPSA) is 20.2 Å². The summed E-state index contributed by atoms with van der Waals surface area (Å²) in [5.41, 5.74) is 1.70. The smallest absolute Gasteiger partial charge is 0.151 e. The molecule has 1 aromatic rings.